The summed E-state index contributed by atoms with van der Waals surface area (Å²) in [5.74, 6) is -0.845. The van der Waals surface area contributed by atoms with Gasteiger partial charge in [0.15, 0.2) is 0 Å². The SMILES string of the molecule is Cc1ccc(CN(C(=O)CN(c2cccc(Cl)c2)S(=O)(=O)c2ccccc2)C(C)C(=O)NC(C)C)cc1. The average Bonchev–Trinajstić information content (AvgIpc) is 2.86. The molecule has 0 spiro atoms. The van der Waals surface area contributed by atoms with Gasteiger partial charge in [0.25, 0.3) is 10.0 Å². The molecule has 0 saturated carbocycles. The number of rotatable bonds is 10. The van der Waals surface area contributed by atoms with E-state index in [2.05, 4.69) is 5.32 Å². The highest BCUT2D eigenvalue weighted by molar-refractivity contribution is 7.92. The lowest BCUT2D eigenvalue weighted by Crippen LogP contribution is -2.52. The van der Waals surface area contributed by atoms with Crippen molar-refractivity contribution in [2.45, 2.75) is 51.2 Å². The molecule has 0 saturated heterocycles. The smallest absolute Gasteiger partial charge is 0.264 e. The minimum Gasteiger partial charge on any atom is -0.352 e. The van der Waals surface area contributed by atoms with Crippen molar-refractivity contribution in [1.82, 2.24) is 10.2 Å². The highest BCUT2D eigenvalue weighted by atomic mass is 35.5. The van der Waals surface area contributed by atoms with Crippen LogP contribution in [0.5, 0.6) is 0 Å². The predicted octanol–water partition coefficient (Wildman–Crippen LogP) is 4.79. The first kappa shape index (κ1) is 28.2. The number of hydrogen-bond acceptors (Lipinski definition) is 4. The zero-order valence-corrected chi connectivity index (χ0v) is 23.0. The molecule has 0 aliphatic carbocycles. The Kier molecular flexibility index (Phi) is 9.34. The molecule has 9 heteroatoms. The molecule has 0 aliphatic heterocycles. The third kappa shape index (κ3) is 7.33. The molecule has 0 aliphatic rings. The van der Waals surface area contributed by atoms with E-state index in [-0.39, 0.29) is 29.1 Å². The van der Waals surface area contributed by atoms with Gasteiger partial charge in [-0.3, -0.25) is 13.9 Å². The summed E-state index contributed by atoms with van der Waals surface area (Å²) in [6.07, 6.45) is 0. The van der Waals surface area contributed by atoms with E-state index in [4.69, 9.17) is 11.6 Å². The Morgan fingerprint density at radius 2 is 1.57 bits per heavy atom. The van der Waals surface area contributed by atoms with Crippen molar-refractivity contribution in [1.29, 1.82) is 0 Å². The normalized spacial score (nSPS) is 12.2. The van der Waals surface area contributed by atoms with Gasteiger partial charge in [-0.05, 0) is 63.6 Å². The van der Waals surface area contributed by atoms with Gasteiger partial charge >= 0.3 is 0 Å². The molecule has 0 aromatic heterocycles. The molecule has 1 atom stereocenters. The highest BCUT2D eigenvalue weighted by Crippen LogP contribution is 2.26. The van der Waals surface area contributed by atoms with Crippen molar-refractivity contribution in [3.8, 4) is 0 Å². The molecule has 1 N–H and O–H groups in total. The molecule has 3 aromatic carbocycles. The molecule has 0 radical (unpaired) electrons. The van der Waals surface area contributed by atoms with Gasteiger partial charge in [0.2, 0.25) is 11.8 Å². The van der Waals surface area contributed by atoms with Crippen LogP contribution in [0.1, 0.15) is 31.9 Å². The molecule has 3 rings (SSSR count). The van der Waals surface area contributed by atoms with Crippen LogP contribution < -0.4 is 9.62 Å². The summed E-state index contributed by atoms with van der Waals surface area (Å²) in [5.41, 5.74) is 2.14. The summed E-state index contributed by atoms with van der Waals surface area (Å²) in [4.78, 5) is 28.2. The van der Waals surface area contributed by atoms with Crippen molar-refractivity contribution >= 4 is 39.1 Å². The molecular formula is C28H32ClN3O4S. The lowest BCUT2D eigenvalue weighted by molar-refractivity contribution is -0.139. The van der Waals surface area contributed by atoms with E-state index >= 15 is 0 Å². The van der Waals surface area contributed by atoms with E-state index in [1.165, 1.54) is 23.1 Å². The number of sulfonamides is 1. The van der Waals surface area contributed by atoms with Gasteiger partial charge in [0.1, 0.15) is 12.6 Å². The van der Waals surface area contributed by atoms with E-state index in [1.54, 1.807) is 43.3 Å². The van der Waals surface area contributed by atoms with E-state index < -0.39 is 28.5 Å². The maximum Gasteiger partial charge on any atom is 0.264 e. The molecule has 3 aromatic rings. The number of carbonyl (C=O) groups is 2. The van der Waals surface area contributed by atoms with E-state index in [0.29, 0.717) is 5.02 Å². The summed E-state index contributed by atoms with van der Waals surface area (Å²) in [6.45, 7) is 6.90. The number of anilines is 1. The molecule has 37 heavy (non-hydrogen) atoms. The lowest BCUT2D eigenvalue weighted by atomic mass is 10.1. The molecule has 7 nitrogen and oxygen atoms in total. The maximum absolute atomic E-state index is 13.8. The summed E-state index contributed by atoms with van der Waals surface area (Å²) in [7, 11) is -4.12. The van der Waals surface area contributed by atoms with Crippen LogP contribution in [0.3, 0.4) is 0 Å². The minimum atomic E-state index is -4.12. The Morgan fingerprint density at radius 1 is 0.919 bits per heavy atom. The Morgan fingerprint density at radius 3 is 2.16 bits per heavy atom. The first-order valence-corrected chi connectivity index (χ1v) is 13.8. The summed E-state index contributed by atoms with van der Waals surface area (Å²) < 4.78 is 28.4. The molecule has 1 unspecified atom stereocenters. The second-order valence-corrected chi connectivity index (χ2v) is 11.4. The summed E-state index contributed by atoms with van der Waals surface area (Å²) >= 11 is 6.17. The number of hydrogen-bond donors (Lipinski definition) is 1. The van der Waals surface area contributed by atoms with Crippen LogP contribution in [-0.4, -0.2) is 43.8 Å². The van der Waals surface area contributed by atoms with Crippen LogP contribution in [0, 0.1) is 6.92 Å². The fourth-order valence-electron chi connectivity index (χ4n) is 3.76. The van der Waals surface area contributed by atoms with Crippen LogP contribution in [0.2, 0.25) is 5.02 Å². The van der Waals surface area contributed by atoms with Crippen molar-refractivity contribution < 1.29 is 18.0 Å². The van der Waals surface area contributed by atoms with Gasteiger partial charge < -0.3 is 10.2 Å². The summed E-state index contributed by atoms with van der Waals surface area (Å²) in [5, 5.41) is 3.17. The molecule has 0 heterocycles. The van der Waals surface area contributed by atoms with Gasteiger partial charge in [0, 0.05) is 17.6 Å². The van der Waals surface area contributed by atoms with Gasteiger partial charge in [0.05, 0.1) is 10.6 Å². The second kappa shape index (κ2) is 12.3. The molecule has 0 fully saturated rings. The Labute approximate surface area is 224 Å². The Hall–Kier alpha value is -3.36. The third-order valence-electron chi connectivity index (χ3n) is 5.78. The summed E-state index contributed by atoms with van der Waals surface area (Å²) in [6, 6.07) is 20.9. The third-order valence-corrected chi connectivity index (χ3v) is 7.80. The average molecular weight is 542 g/mol. The first-order valence-electron chi connectivity index (χ1n) is 12.0. The number of halogens is 1. The van der Waals surface area contributed by atoms with Gasteiger partial charge in [-0.1, -0.05) is 65.7 Å². The quantitative estimate of drug-likeness (QED) is 0.400. The minimum absolute atomic E-state index is 0.0402. The Bertz CT molecular complexity index is 1330. The van der Waals surface area contributed by atoms with Crippen LogP contribution in [0.15, 0.2) is 83.8 Å². The topological polar surface area (TPSA) is 86.8 Å². The molecule has 196 valence electrons. The van der Waals surface area contributed by atoms with E-state index in [9.17, 15) is 18.0 Å². The molecular weight excluding hydrogens is 510 g/mol. The zero-order valence-electron chi connectivity index (χ0n) is 21.4. The number of carbonyl (C=O) groups excluding carboxylic acids is 2. The predicted molar refractivity (Wildman–Crippen MR) is 147 cm³/mol. The number of nitrogens with one attached hydrogen (secondary N) is 1. The number of amides is 2. The van der Waals surface area contributed by atoms with Gasteiger partial charge in [-0.25, -0.2) is 8.42 Å². The van der Waals surface area contributed by atoms with Crippen LogP contribution in [-0.2, 0) is 26.2 Å². The Balaban J connectivity index is 2.01. The second-order valence-electron chi connectivity index (χ2n) is 9.15. The number of aryl methyl sites for hydroxylation is 1. The van der Waals surface area contributed by atoms with E-state index in [0.717, 1.165) is 15.4 Å². The fourth-order valence-corrected chi connectivity index (χ4v) is 5.37. The first-order chi connectivity index (χ1) is 17.5. The largest absolute Gasteiger partial charge is 0.352 e. The monoisotopic (exact) mass is 541 g/mol. The van der Waals surface area contributed by atoms with Crippen LogP contribution >= 0.6 is 11.6 Å². The van der Waals surface area contributed by atoms with Crippen molar-refractivity contribution in [2.24, 2.45) is 0 Å². The fraction of sp³-hybridized carbons (Fsp3) is 0.286. The van der Waals surface area contributed by atoms with Gasteiger partial charge in [-0.15, -0.1) is 0 Å². The van der Waals surface area contributed by atoms with E-state index in [1.807, 2.05) is 45.0 Å². The maximum atomic E-state index is 13.8. The number of nitrogens with zero attached hydrogens (tertiary/aromatic N) is 2. The van der Waals surface area contributed by atoms with Crippen molar-refractivity contribution in [2.75, 3.05) is 10.8 Å². The van der Waals surface area contributed by atoms with Crippen molar-refractivity contribution in [3.63, 3.8) is 0 Å². The highest BCUT2D eigenvalue weighted by Gasteiger charge is 2.32. The van der Waals surface area contributed by atoms with Crippen LogP contribution in [0.4, 0.5) is 5.69 Å². The molecule has 2 amide bonds. The number of benzene rings is 3. The van der Waals surface area contributed by atoms with Crippen LogP contribution in [0.25, 0.3) is 0 Å². The zero-order chi connectivity index (χ0) is 27.2. The standard InChI is InChI=1S/C28H32ClN3O4S/c1-20(2)30-28(34)22(4)31(18-23-15-13-21(3)14-16-23)27(33)19-32(25-10-8-9-24(29)17-25)37(35,36)26-11-6-5-7-12-26/h5-17,20,22H,18-19H2,1-4H3,(H,30,34). The lowest BCUT2D eigenvalue weighted by Gasteiger charge is -2.32. The molecule has 0 bridgehead atoms. The van der Waals surface area contributed by atoms with Gasteiger partial charge in [-0.2, -0.15) is 0 Å². The van der Waals surface area contributed by atoms with Crippen molar-refractivity contribution in [3.05, 3.63) is 95.0 Å².